The number of aryl methyl sites for hydroxylation is 1. The summed E-state index contributed by atoms with van der Waals surface area (Å²) >= 11 is 0. The molecule has 0 saturated heterocycles. The summed E-state index contributed by atoms with van der Waals surface area (Å²) in [5, 5.41) is 2.83. The number of aromatic nitrogens is 4. The van der Waals surface area contributed by atoms with E-state index in [4.69, 9.17) is 10.7 Å². The van der Waals surface area contributed by atoms with Crippen molar-refractivity contribution < 1.29 is 9.59 Å². The Hall–Kier alpha value is -5.51. The molecule has 2 heterocycles. The summed E-state index contributed by atoms with van der Waals surface area (Å²) in [5.41, 5.74) is 11.6. The number of amides is 2. The predicted octanol–water partition coefficient (Wildman–Crippen LogP) is 4.45. The van der Waals surface area contributed by atoms with Gasteiger partial charge < -0.3 is 16.0 Å². The van der Waals surface area contributed by atoms with E-state index in [9.17, 15) is 14.4 Å². The molecule has 0 atom stereocenters. The molecule has 10 heteroatoms. The summed E-state index contributed by atoms with van der Waals surface area (Å²) in [6.07, 6.45) is 1.57. The van der Waals surface area contributed by atoms with Crippen molar-refractivity contribution in [3.05, 3.63) is 112 Å². The molecule has 5 rings (SSSR count). The Morgan fingerprint density at radius 1 is 0.929 bits per heavy atom. The molecular formula is C32H31N7O3. The number of nitrogens with zero attached hydrogens (tertiary/aromatic N) is 5. The molecule has 0 unspecified atom stereocenters. The normalized spacial score (nSPS) is 10.9. The highest BCUT2D eigenvalue weighted by atomic mass is 16.2. The van der Waals surface area contributed by atoms with Gasteiger partial charge in [0.2, 0.25) is 0 Å². The first-order chi connectivity index (χ1) is 20.0. The van der Waals surface area contributed by atoms with Crippen molar-refractivity contribution in [3.63, 3.8) is 0 Å². The van der Waals surface area contributed by atoms with Crippen molar-refractivity contribution in [1.82, 2.24) is 24.2 Å². The minimum atomic E-state index is -0.499. The van der Waals surface area contributed by atoms with Crippen LogP contribution >= 0.6 is 0 Å². The molecule has 42 heavy (non-hydrogen) atoms. The van der Waals surface area contributed by atoms with Gasteiger partial charge in [0.1, 0.15) is 17.1 Å². The summed E-state index contributed by atoms with van der Waals surface area (Å²) in [5.74, 6) is -0.369. The quantitative estimate of drug-likeness (QED) is 0.315. The van der Waals surface area contributed by atoms with Crippen molar-refractivity contribution in [2.24, 2.45) is 7.05 Å². The highest BCUT2D eigenvalue weighted by Gasteiger charge is 2.22. The molecular weight excluding hydrogens is 530 g/mol. The fraction of sp³-hybridized carbons (Fsp3) is 0.156. The number of anilines is 2. The van der Waals surface area contributed by atoms with Crippen LogP contribution in [0.5, 0.6) is 0 Å². The third-order valence-corrected chi connectivity index (χ3v) is 7.06. The Labute approximate surface area is 243 Å². The first-order valence-corrected chi connectivity index (χ1v) is 13.3. The van der Waals surface area contributed by atoms with E-state index in [1.165, 1.54) is 9.58 Å². The van der Waals surface area contributed by atoms with Gasteiger partial charge in [0.25, 0.3) is 17.4 Å². The van der Waals surface area contributed by atoms with Gasteiger partial charge in [-0.05, 0) is 55.8 Å². The zero-order chi connectivity index (χ0) is 30.1. The minimum absolute atomic E-state index is 0.0703. The third-order valence-electron chi connectivity index (χ3n) is 7.06. The minimum Gasteiger partial charge on any atom is -0.382 e. The molecule has 212 valence electrons. The van der Waals surface area contributed by atoms with E-state index >= 15 is 0 Å². The zero-order valence-electron chi connectivity index (χ0n) is 24.0. The third kappa shape index (κ3) is 5.29. The number of carbonyl (C=O) groups is 2. The Morgan fingerprint density at radius 3 is 2.33 bits per heavy atom. The van der Waals surface area contributed by atoms with Crippen LogP contribution in [-0.4, -0.2) is 50.1 Å². The van der Waals surface area contributed by atoms with Gasteiger partial charge in [-0.25, -0.2) is 14.6 Å². The second kappa shape index (κ2) is 11.2. The largest absolute Gasteiger partial charge is 0.382 e. The molecule has 5 aromatic rings. The number of nitrogen functional groups attached to an aromatic ring is 1. The maximum atomic E-state index is 13.3. The number of nitrogens with one attached hydrogen (secondary N) is 1. The average molecular weight is 562 g/mol. The van der Waals surface area contributed by atoms with Crippen LogP contribution in [0.25, 0.3) is 28.2 Å². The average Bonchev–Trinajstić information content (AvgIpc) is 3.20. The molecule has 0 fully saturated rings. The molecule has 0 aliphatic rings. The Bertz CT molecular complexity index is 1890. The van der Waals surface area contributed by atoms with Crippen LogP contribution in [0.1, 0.15) is 32.0 Å². The number of nitrogens with two attached hydrogens (primary N) is 1. The van der Waals surface area contributed by atoms with Crippen LogP contribution in [0.3, 0.4) is 0 Å². The lowest BCUT2D eigenvalue weighted by atomic mass is 10.1. The summed E-state index contributed by atoms with van der Waals surface area (Å²) < 4.78 is 3.16. The molecule has 0 spiro atoms. The molecule has 3 aromatic carbocycles. The SMILES string of the molecule is Cc1cccc(-n2c(=O)c(C(=O)Nc3ccc(-c4nc(-c5cccc(C(=O)N(C)C)c5)cnc4N)cc3)c(C)n2C)c1. The smallest absolute Gasteiger partial charge is 0.284 e. The van der Waals surface area contributed by atoms with Crippen LogP contribution in [0.2, 0.25) is 0 Å². The molecule has 2 amide bonds. The van der Waals surface area contributed by atoms with Gasteiger partial charge in [-0.1, -0.05) is 36.4 Å². The second-order valence-corrected chi connectivity index (χ2v) is 10.2. The van der Waals surface area contributed by atoms with Gasteiger partial charge in [-0.15, -0.1) is 0 Å². The first kappa shape index (κ1) is 28.0. The van der Waals surface area contributed by atoms with Gasteiger partial charge in [0, 0.05) is 43.5 Å². The molecule has 0 bridgehead atoms. The van der Waals surface area contributed by atoms with E-state index in [0.717, 1.165) is 11.1 Å². The van der Waals surface area contributed by atoms with Crippen LogP contribution in [0.15, 0.2) is 83.8 Å². The van der Waals surface area contributed by atoms with Crippen molar-refractivity contribution in [2.75, 3.05) is 25.1 Å². The second-order valence-electron chi connectivity index (χ2n) is 10.2. The van der Waals surface area contributed by atoms with E-state index in [1.807, 2.05) is 37.3 Å². The summed E-state index contributed by atoms with van der Waals surface area (Å²) in [6, 6.07) is 21.7. The van der Waals surface area contributed by atoms with Gasteiger partial charge in [-0.3, -0.25) is 19.1 Å². The van der Waals surface area contributed by atoms with E-state index in [-0.39, 0.29) is 17.3 Å². The van der Waals surface area contributed by atoms with Crippen LogP contribution in [0, 0.1) is 13.8 Å². The standard InChI is InChI=1S/C32H31N7O3/c1-19-8-6-11-25(16-19)39-32(42)27(20(2)38(39)5)30(40)35-24-14-12-21(13-15-24)28-29(33)34-18-26(36-28)22-9-7-10-23(17-22)31(41)37(3)4/h6-18H,1-5H3,(H2,33,34)(H,35,40). The maximum Gasteiger partial charge on any atom is 0.284 e. The molecule has 2 aromatic heterocycles. The maximum absolute atomic E-state index is 13.3. The highest BCUT2D eigenvalue weighted by Crippen LogP contribution is 2.28. The van der Waals surface area contributed by atoms with Crippen LogP contribution in [-0.2, 0) is 7.05 Å². The van der Waals surface area contributed by atoms with E-state index in [2.05, 4.69) is 10.3 Å². The summed E-state index contributed by atoms with van der Waals surface area (Å²) in [7, 11) is 5.15. The highest BCUT2D eigenvalue weighted by molar-refractivity contribution is 6.05. The van der Waals surface area contributed by atoms with E-state index in [1.54, 1.807) is 81.4 Å². The number of carbonyl (C=O) groups excluding carboxylic acids is 2. The monoisotopic (exact) mass is 561 g/mol. The van der Waals surface area contributed by atoms with Gasteiger partial charge >= 0.3 is 0 Å². The molecule has 0 aliphatic carbocycles. The topological polar surface area (TPSA) is 128 Å². The zero-order valence-corrected chi connectivity index (χ0v) is 24.0. The molecule has 0 saturated carbocycles. The summed E-state index contributed by atoms with van der Waals surface area (Å²) in [4.78, 5) is 49.5. The van der Waals surface area contributed by atoms with Gasteiger partial charge in [0.15, 0.2) is 0 Å². The molecule has 0 aliphatic heterocycles. The van der Waals surface area contributed by atoms with Crippen molar-refractivity contribution in [1.29, 1.82) is 0 Å². The number of rotatable bonds is 6. The lowest BCUT2D eigenvalue weighted by Gasteiger charge is -2.12. The van der Waals surface area contributed by atoms with Crippen molar-refractivity contribution in [2.45, 2.75) is 13.8 Å². The fourth-order valence-corrected chi connectivity index (χ4v) is 4.75. The molecule has 0 radical (unpaired) electrons. The predicted molar refractivity (Wildman–Crippen MR) is 164 cm³/mol. The van der Waals surface area contributed by atoms with Gasteiger partial charge in [0.05, 0.1) is 23.3 Å². The van der Waals surface area contributed by atoms with E-state index in [0.29, 0.717) is 39.6 Å². The van der Waals surface area contributed by atoms with Crippen molar-refractivity contribution in [3.8, 4) is 28.2 Å². The molecule has 10 nitrogen and oxygen atoms in total. The Morgan fingerprint density at radius 2 is 1.64 bits per heavy atom. The fourth-order valence-electron chi connectivity index (χ4n) is 4.75. The van der Waals surface area contributed by atoms with Crippen LogP contribution < -0.4 is 16.6 Å². The lowest BCUT2D eigenvalue weighted by molar-refractivity contribution is 0.0827. The Balaban J connectivity index is 1.40. The first-order valence-electron chi connectivity index (χ1n) is 13.3. The lowest BCUT2D eigenvalue weighted by Crippen LogP contribution is -2.25. The number of hydrogen-bond acceptors (Lipinski definition) is 6. The summed E-state index contributed by atoms with van der Waals surface area (Å²) in [6.45, 7) is 3.69. The number of benzene rings is 3. The number of hydrogen-bond donors (Lipinski definition) is 2. The van der Waals surface area contributed by atoms with E-state index < -0.39 is 11.5 Å². The van der Waals surface area contributed by atoms with Crippen molar-refractivity contribution >= 4 is 23.3 Å². The van der Waals surface area contributed by atoms with Crippen LogP contribution in [0.4, 0.5) is 11.5 Å². The molecule has 3 N–H and O–H groups in total. The van der Waals surface area contributed by atoms with Gasteiger partial charge in [-0.2, -0.15) is 0 Å². The Kier molecular flexibility index (Phi) is 7.45.